The molecule has 2 rings (SSSR count). The summed E-state index contributed by atoms with van der Waals surface area (Å²) in [5.41, 5.74) is 6.85. The van der Waals surface area contributed by atoms with Crippen LogP contribution in [0.5, 0.6) is 0 Å². The molecule has 0 spiro atoms. The van der Waals surface area contributed by atoms with Crippen LogP contribution in [0.25, 0.3) is 0 Å². The highest BCUT2D eigenvalue weighted by Gasteiger charge is 2.24. The van der Waals surface area contributed by atoms with Crippen LogP contribution in [-0.4, -0.2) is 28.6 Å². The van der Waals surface area contributed by atoms with Crippen LogP contribution in [0.4, 0.5) is 5.13 Å². The average Bonchev–Trinajstić information content (AvgIpc) is 2.64. The van der Waals surface area contributed by atoms with Crippen LogP contribution in [0.15, 0.2) is 5.38 Å². The van der Waals surface area contributed by atoms with E-state index in [1.54, 1.807) is 11.3 Å². The van der Waals surface area contributed by atoms with E-state index in [1.807, 2.05) is 6.92 Å². The van der Waals surface area contributed by atoms with Crippen molar-refractivity contribution >= 4 is 28.2 Å². The number of thiazole rings is 1. The van der Waals surface area contributed by atoms with Gasteiger partial charge in [0.15, 0.2) is 5.13 Å². The Morgan fingerprint density at radius 3 is 2.56 bits per heavy atom. The average molecular weight is 257 g/mol. The number of hydrogen-bond acceptors (Lipinski definition) is 5. The van der Waals surface area contributed by atoms with Gasteiger partial charge in [0.1, 0.15) is 0 Å². The van der Waals surface area contributed by atoms with Crippen LogP contribution in [-0.2, 0) is 0 Å². The number of anilines is 1. The van der Waals surface area contributed by atoms with E-state index < -0.39 is 0 Å². The Morgan fingerprint density at radius 2 is 2.06 bits per heavy atom. The van der Waals surface area contributed by atoms with E-state index in [0.29, 0.717) is 10.5 Å². The molecule has 16 heavy (non-hydrogen) atoms. The maximum absolute atomic E-state index is 5.83. The summed E-state index contributed by atoms with van der Waals surface area (Å²) in [6.07, 6.45) is 0. The van der Waals surface area contributed by atoms with Crippen LogP contribution < -0.4 is 10.6 Å². The highest BCUT2D eigenvalue weighted by atomic mass is 32.2. The molecule has 1 saturated heterocycles. The van der Waals surface area contributed by atoms with Gasteiger partial charge < -0.3 is 10.6 Å². The second kappa shape index (κ2) is 4.94. The number of nitrogens with zero attached hydrogens (tertiary/aromatic N) is 2. The van der Waals surface area contributed by atoms with Crippen molar-refractivity contribution in [1.82, 2.24) is 4.98 Å². The van der Waals surface area contributed by atoms with Gasteiger partial charge in [-0.25, -0.2) is 4.98 Å². The Bertz CT molecular complexity index is 341. The summed E-state index contributed by atoms with van der Waals surface area (Å²) in [7, 11) is 0. The fourth-order valence-electron chi connectivity index (χ4n) is 1.96. The number of thioether (sulfide) groups is 1. The minimum atomic E-state index is 0.0408. The highest BCUT2D eigenvalue weighted by molar-refractivity contribution is 8.00. The molecule has 1 fully saturated rings. The Balaban J connectivity index is 2.10. The predicted octanol–water partition coefficient (Wildman–Crippen LogP) is 2.49. The zero-order valence-corrected chi connectivity index (χ0v) is 11.6. The van der Waals surface area contributed by atoms with Gasteiger partial charge in [-0.2, -0.15) is 11.8 Å². The molecule has 0 aliphatic carbocycles. The molecule has 0 amide bonds. The fraction of sp³-hybridized carbons (Fsp3) is 0.727. The van der Waals surface area contributed by atoms with E-state index in [0.717, 1.165) is 23.9 Å². The summed E-state index contributed by atoms with van der Waals surface area (Å²) in [6, 6.07) is 0.0408. The molecule has 3 unspecified atom stereocenters. The zero-order valence-electron chi connectivity index (χ0n) is 10.0. The second-order valence-corrected chi connectivity index (χ2v) is 7.22. The van der Waals surface area contributed by atoms with Crippen LogP contribution >= 0.6 is 23.1 Å². The molecule has 0 bridgehead atoms. The first-order valence-electron chi connectivity index (χ1n) is 5.67. The van der Waals surface area contributed by atoms with Crippen molar-refractivity contribution < 1.29 is 0 Å². The molecule has 0 saturated carbocycles. The molecule has 2 N–H and O–H groups in total. The lowest BCUT2D eigenvalue weighted by Crippen LogP contribution is -2.40. The molecule has 0 radical (unpaired) electrons. The smallest absolute Gasteiger partial charge is 0.185 e. The summed E-state index contributed by atoms with van der Waals surface area (Å²) < 4.78 is 0. The van der Waals surface area contributed by atoms with Gasteiger partial charge in [-0.15, -0.1) is 11.3 Å². The summed E-state index contributed by atoms with van der Waals surface area (Å²) in [6.45, 7) is 8.75. The minimum Gasteiger partial charge on any atom is -0.346 e. The van der Waals surface area contributed by atoms with E-state index in [1.165, 1.54) is 0 Å². The molecule has 0 aromatic carbocycles. The summed E-state index contributed by atoms with van der Waals surface area (Å²) >= 11 is 3.78. The largest absolute Gasteiger partial charge is 0.346 e. The zero-order chi connectivity index (χ0) is 11.7. The maximum Gasteiger partial charge on any atom is 0.185 e. The first-order chi connectivity index (χ1) is 7.56. The van der Waals surface area contributed by atoms with E-state index in [4.69, 9.17) is 5.73 Å². The van der Waals surface area contributed by atoms with Crippen molar-refractivity contribution in [2.24, 2.45) is 5.73 Å². The first-order valence-corrected chi connectivity index (χ1v) is 7.50. The lowest BCUT2D eigenvalue weighted by Gasteiger charge is -2.34. The Morgan fingerprint density at radius 1 is 1.44 bits per heavy atom. The number of aromatic nitrogens is 1. The standard InChI is InChI=1S/C11H19N3S2/c1-7-4-14(5-8(2)16-7)11-13-10(6-15-11)9(3)12/h6-9H,4-5,12H2,1-3H3. The fourth-order valence-corrected chi connectivity index (χ4v) is 4.24. The molecule has 1 aliphatic heterocycles. The Hall–Kier alpha value is -0.260. The van der Waals surface area contributed by atoms with Crippen molar-refractivity contribution in [2.45, 2.75) is 37.3 Å². The minimum absolute atomic E-state index is 0.0408. The number of rotatable bonds is 2. The van der Waals surface area contributed by atoms with Crippen molar-refractivity contribution in [1.29, 1.82) is 0 Å². The maximum atomic E-state index is 5.83. The summed E-state index contributed by atoms with van der Waals surface area (Å²) in [5.74, 6) is 0. The first kappa shape index (κ1) is 12.2. The third-order valence-electron chi connectivity index (χ3n) is 2.67. The molecule has 3 atom stereocenters. The van der Waals surface area contributed by atoms with Gasteiger partial charge in [0, 0.05) is 35.0 Å². The lowest BCUT2D eigenvalue weighted by atomic mass is 10.3. The van der Waals surface area contributed by atoms with Gasteiger partial charge in [-0.05, 0) is 6.92 Å². The van der Waals surface area contributed by atoms with E-state index in [2.05, 4.69) is 40.9 Å². The summed E-state index contributed by atoms with van der Waals surface area (Å²) in [4.78, 5) is 7.00. The van der Waals surface area contributed by atoms with Crippen LogP contribution in [0, 0.1) is 0 Å². The van der Waals surface area contributed by atoms with Gasteiger partial charge >= 0.3 is 0 Å². The highest BCUT2D eigenvalue weighted by Crippen LogP contribution is 2.31. The molecule has 2 heterocycles. The van der Waals surface area contributed by atoms with Crippen molar-refractivity contribution in [3.63, 3.8) is 0 Å². The van der Waals surface area contributed by atoms with Crippen molar-refractivity contribution in [2.75, 3.05) is 18.0 Å². The predicted molar refractivity (Wildman–Crippen MR) is 73.4 cm³/mol. The third kappa shape index (κ3) is 2.70. The van der Waals surface area contributed by atoms with Gasteiger partial charge in [0.05, 0.1) is 5.69 Å². The van der Waals surface area contributed by atoms with E-state index in [-0.39, 0.29) is 6.04 Å². The molecule has 1 aromatic heterocycles. The molecule has 5 heteroatoms. The van der Waals surface area contributed by atoms with Crippen molar-refractivity contribution in [3.05, 3.63) is 11.1 Å². The van der Waals surface area contributed by atoms with Crippen LogP contribution in [0.3, 0.4) is 0 Å². The molecule has 1 aromatic rings. The third-order valence-corrected chi connectivity index (χ3v) is 4.81. The summed E-state index contributed by atoms with van der Waals surface area (Å²) in [5, 5.41) is 4.58. The number of nitrogens with two attached hydrogens (primary N) is 1. The van der Waals surface area contributed by atoms with Gasteiger partial charge in [0.25, 0.3) is 0 Å². The van der Waals surface area contributed by atoms with Gasteiger partial charge in [0.2, 0.25) is 0 Å². The topological polar surface area (TPSA) is 42.2 Å². The van der Waals surface area contributed by atoms with E-state index >= 15 is 0 Å². The quantitative estimate of drug-likeness (QED) is 0.884. The van der Waals surface area contributed by atoms with E-state index in [9.17, 15) is 0 Å². The molecular weight excluding hydrogens is 238 g/mol. The Labute approximate surface area is 105 Å². The number of hydrogen-bond donors (Lipinski definition) is 1. The van der Waals surface area contributed by atoms with Crippen LogP contribution in [0.2, 0.25) is 0 Å². The van der Waals surface area contributed by atoms with Gasteiger partial charge in [-0.1, -0.05) is 13.8 Å². The monoisotopic (exact) mass is 257 g/mol. The molecule has 1 aliphatic rings. The second-order valence-electron chi connectivity index (χ2n) is 4.51. The Kier molecular flexibility index (Phi) is 3.77. The molecule has 90 valence electrons. The lowest BCUT2D eigenvalue weighted by molar-refractivity contribution is 0.718. The molecule has 3 nitrogen and oxygen atoms in total. The SMILES string of the molecule is CC1CN(c2nc(C(C)N)cs2)CC(C)S1. The van der Waals surface area contributed by atoms with Crippen molar-refractivity contribution in [3.8, 4) is 0 Å². The molecular formula is C11H19N3S2. The van der Waals surface area contributed by atoms with Gasteiger partial charge in [-0.3, -0.25) is 0 Å². The normalized spacial score (nSPS) is 28.1. The van der Waals surface area contributed by atoms with Crippen LogP contribution in [0.1, 0.15) is 32.5 Å².